The Morgan fingerprint density at radius 3 is 1.85 bits per heavy atom. The van der Waals surface area contributed by atoms with E-state index in [0.717, 1.165) is 22.3 Å². The Kier molecular flexibility index (Phi) is 4.21. The highest BCUT2D eigenvalue weighted by atomic mass is 31.2. The molecular weight excluding hydrogens is 347 g/mol. The van der Waals surface area contributed by atoms with Crippen LogP contribution in [0.15, 0.2) is 66.7 Å². The van der Waals surface area contributed by atoms with E-state index in [9.17, 15) is 4.57 Å². The largest absolute Gasteiger partial charge is 0.647 e. The predicted octanol–water partition coefficient (Wildman–Crippen LogP) is 5.85. The maximum atomic E-state index is 13.5. The summed E-state index contributed by atoms with van der Waals surface area (Å²) in [5.74, 6) is 1.54. The van der Waals surface area contributed by atoms with Crippen molar-refractivity contribution in [1.29, 1.82) is 0 Å². The first kappa shape index (κ1) is 16.7. The lowest BCUT2D eigenvalue weighted by Gasteiger charge is -2.26. The van der Waals surface area contributed by atoms with Crippen molar-refractivity contribution >= 4 is 7.82 Å². The van der Waals surface area contributed by atoms with Crippen LogP contribution in [0.3, 0.4) is 0 Å². The van der Waals surface area contributed by atoms with E-state index in [4.69, 9.17) is 13.6 Å². The van der Waals surface area contributed by atoms with Crippen molar-refractivity contribution in [2.45, 2.75) is 20.3 Å². The lowest BCUT2D eigenvalue weighted by Crippen LogP contribution is -2.13. The summed E-state index contributed by atoms with van der Waals surface area (Å²) in [6.45, 7) is 3.84. The molecule has 0 amide bonds. The molecule has 26 heavy (non-hydrogen) atoms. The van der Waals surface area contributed by atoms with E-state index in [-0.39, 0.29) is 0 Å². The summed E-state index contributed by atoms with van der Waals surface area (Å²) in [5.41, 5.74) is 3.69. The molecule has 0 saturated carbocycles. The molecule has 0 unspecified atom stereocenters. The number of aryl methyl sites for hydroxylation is 2. The fraction of sp³-hybridized carbons (Fsp3) is 0.143. The molecule has 0 saturated heterocycles. The maximum absolute atomic E-state index is 13.5. The minimum atomic E-state index is -3.93. The third kappa shape index (κ3) is 3.21. The molecule has 0 aliphatic carbocycles. The molecule has 5 heteroatoms. The van der Waals surface area contributed by atoms with Crippen LogP contribution in [-0.2, 0) is 11.0 Å². The molecule has 0 radical (unpaired) electrons. The minimum Gasteiger partial charge on any atom is -0.386 e. The Labute approximate surface area is 153 Å². The van der Waals surface area contributed by atoms with E-state index in [2.05, 4.69) is 0 Å². The summed E-state index contributed by atoms with van der Waals surface area (Å²) in [6.07, 6.45) is 0.638. The van der Waals surface area contributed by atoms with Gasteiger partial charge in [0.2, 0.25) is 0 Å². The first-order valence-corrected chi connectivity index (χ1v) is 9.91. The second kappa shape index (κ2) is 6.54. The van der Waals surface area contributed by atoms with Crippen molar-refractivity contribution in [3.05, 3.63) is 89.0 Å². The Morgan fingerprint density at radius 1 is 0.769 bits per heavy atom. The van der Waals surface area contributed by atoms with Gasteiger partial charge in [-0.2, -0.15) is 4.57 Å². The van der Waals surface area contributed by atoms with Gasteiger partial charge in [-0.15, -0.1) is 0 Å². The highest BCUT2D eigenvalue weighted by molar-refractivity contribution is 7.49. The van der Waals surface area contributed by atoms with Crippen LogP contribution in [0, 0.1) is 13.8 Å². The molecule has 1 aliphatic heterocycles. The molecule has 0 aromatic heterocycles. The van der Waals surface area contributed by atoms with Crippen LogP contribution in [0.25, 0.3) is 0 Å². The fourth-order valence-electron chi connectivity index (χ4n) is 3.06. The van der Waals surface area contributed by atoms with Crippen molar-refractivity contribution in [3.8, 4) is 17.2 Å². The average molecular weight is 366 g/mol. The van der Waals surface area contributed by atoms with Crippen LogP contribution >= 0.6 is 7.82 Å². The molecular formula is C21H19O4P. The highest BCUT2D eigenvalue weighted by Gasteiger charge is 2.37. The Bertz CT molecular complexity index is 941. The van der Waals surface area contributed by atoms with Crippen LogP contribution in [0.1, 0.15) is 22.3 Å². The lowest BCUT2D eigenvalue weighted by atomic mass is 9.99. The van der Waals surface area contributed by atoms with E-state index in [0.29, 0.717) is 23.7 Å². The van der Waals surface area contributed by atoms with Gasteiger partial charge in [0.15, 0.2) is 0 Å². The van der Waals surface area contributed by atoms with Gasteiger partial charge in [0.05, 0.1) is 0 Å². The lowest BCUT2D eigenvalue weighted by molar-refractivity contribution is 0.293. The van der Waals surface area contributed by atoms with Gasteiger partial charge < -0.3 is 13.6 Å². The van der Waals surface area contributed by atoms with Crippen LogP contribution in [0.4, 0.5) is 0 Å². The smallest absolute Gasteiger partial charge is 0.386 e. The fourth-order valence-corrected chi connectivity index (χ4v) is 4.52. The number of fused-ring (bicyclic) bond motifs is 2. The second-order valence-electron chi connectivity index (χ2n) is 6.34. The topological polar surface area (TPSA) is 44.8 Å². The van der Waals surface area contributed by atoms with Crippen molar-refractivity contribution < 1.29 is 18.1 Å². The molecule has 0 N–H and O–H groups in total. The molecule has 0 atom stereocenters. The second-order valence-corrected chi connectivity index (χ2v) is 7.78. The maximum Gasteiger partial charge on any atom is 0.647 e. The molecule has 4 nitrogen and oxygen atoms in total. The molecule has 0 fully saturated rings. The first-order chi connectivity index (χ1) is 12.5. The summed E-state index contributed by atoms with van der Waals surface area (Å²) in [6, 6.07) is 20.7. The number of rotatable bonds is 2. The van der Waals surface area contributed by atoms with Crippen LogP contribution in [0.5, 0.6) is 17.2 Å². The molecule has 0 spiro atoms. The molecule has 1 aliphatic rings. The average Bonchev–Trinajstić information content (AvgIpc) is 2.60. The number of benzene rings is 3. The first-order valence-electron chi connectivity index (χ1n) is 8.45. The summed E-state index contributed by atoms with van der Waals surface area (Å²) in [5, 5.41) is 0. The van der Waals surface area contributed by atoms with Gasteiger partial charge in [0, 0.05) is 6.42 Å². The van der Waals surface area contributed by atoms with Crippen molar-refractivity contribution in [1.82, 2.24) is 0 Å². The Balaban J connectivity index is 1.86. The zero-order chi connectivity index (χ0) is 18.1. The standard InChI is InChI=1S/C21H19O4P/c1-15-8-6-10-17-14-18-11-7-9-16(2)21(18)25-26(22,24-20(15)17)23-19-12-4-3-5-13-19/h3-13H,14H2,1-2H3. The summed E-state index contributed by atoms with van der Waals surface area (Å²) < 4.78 is 31.0. The Morgan fingerprint density at radius 2 is 1.31 bits per heavy atom. The van der Waals surface area contributed by atoms with E-state index in [1.165, 1.54) is 0 Å². The van der Waals surface area contributed by atoms with E-state index in [1.54, 1.807) is 12.1 Å². The minimum absolute atomic E-state index is 0.432. The molecule has 1 heterocycles. The SMILES string of the molecule is Cc1cccc2c1OP(=O)(Oc1ccccc1)Oc1c(C)cccc1C2. The van der Waals surface area contributed by atoms with Crippen molar-refractivity contribution in [3.63, 3.8) is 0 Å². The predicted molar refractivity (Wildman–Crippen MR) is 101 cm³/mol. The number of hydrogen-bond acceptors (Lipinski definition) is 4. The number of para-hydroxylation sites is 3. The Hall–Kier alpha value is -2.71. The molecule has 4 rings (SSSR count). The van der Waals surface area contributed by atoms with Gasteiger partial charge >= 0.3 is 7.82 Å². The zero-order valence-electron chi connectivity index (χ0n) is 14.6. The van der Waals surface area contributed by atoms with E-state index in [1.807, 2.05) is 68.4 Å². The van der Waals surface area contributed by atoms with Gasteiger partial charge in [-0.25, -0.2) is 0 Å². The van der Waals surface area contributed by atoms with Gasteiger partial charge in [0.1, 0.15) is 17.2 Å². The summed E-state index contributed by atoms with van der Waals surface area (Å²) >= 11 is 0. The van der Waals surface area contributed by atoms with Gasteiger partial charge in [-0.3, -0.25) is 0 Å². The van der Waals surface area contributed by atoms with Crippen molar-refractivity contribution in [2.24, 2.45) is 0 Å². The van der Waals surface area contributed by atoms with Crippen LogP contribution in [-0.4, -0.2) is 0 Å². The van der Waals surface area contributed by atoms with Crippen molar-refractivity contribution in [2.75, 3.05) is 0 Å². The molecule has 0 bridgehead atoms. The quantitative estimate of drug-likeness (QED) is 0.534. The number of hydrogen-bond donors (Lipinski definition) is 0. The highest BCUT2D eigenvalue weighted by Crippen LogP contribution is 2.54. The summed E-state index contributed by atoms with van der Waals surface area (Å²) in [4.78, 5) is 0. The van der Waals surface area contributed by atoms with Gasteiger partial charge in [-0.05, 0) is 48.2 Å². The van der Waals surface area contributed by atoms with E-state index >= 15 is 0 Å². The molecule has 3 aromatic carbocycles. The monoisotopic (exact) mass is 366 g/mol. The normalized spacial score (nSPS) is 14.7. The van der Waals surface area contributed by atoms with Crippen LogP contribution < -0.4 is 13.6 Å². The number of phosphoric acid groups is 1. The van der Waals surface area contributed by atoms with E-state index < -0.39 is 7.82 Å². The van der Waals surface area contributed by atoms with Gasteiger partial charge in [-0.1, -0.05) is 54.6 Å². The summed E-state index contributed by atoms with van der Waals surface area (Å²) in [7, 11) is -3.93. The molecule has 132 valence electrons. The molecule has 3 aromatic rings. The third-order valence-corrected chi connectivity index (χ3v) is 5.58. The number of phosphoric ester groups is 1. The third-order valence-electron chi connectivity index (χ3n) is 4.33. The van der Waals surface area contributed by atoms with Gasteiger partial charge in [0.25, 0.3) is 0 Å². The van der Waals surface area contributed by atoms with Crippen LogP contribution in [0.2, 0.25) is 0 Å². The zero-order valence-corrected chi connectivity index (χ0v) is 15.5.